The van der Waals surface area contributed by atoms with Crippen LogP contribution >= 0.6 is 24.0 Å². The highest BCUT2D eigenvalue weighted by Crippen LogP contribution is 2.21. The van der Waals surface area contributed by atoms with E-state index in [0.29, 0.717) is 12.5 Å². The molecule has 156 valence electrons. The Hall–Kier alpha value is -0.120. The van der Waals surface area contributed by atoms with Crippen LogP contribution in [0.5, 0.6) is 0 Å². The van der Waals surface area contributed by atoms with Crippen molar-refractivity contribution in [2.45, 2.75) is 53.1 Å². The van der Waals surface area contributed by atoms with E-state index < -0.39 is 0 Å². The maximum Gasteiger partial charge on any atom is 0.191 e. The summed E-state index contributed by atoms with van der Waals surface area (Å²) in [4.78, 5) is 4.66. The zero-order valence-corrected chi connectivity index (χ0v) is 19.6. The number of nitrogens with zero attached hydrogens (tertiary/aromatic N) is 1. The monoisotopic (exact) mass is 485 g/mol. The van der Waals surface area contributed by atoms with Gasteiger partial charge in [0.2, 0.25) is 0 Å². The number of methoxy groups -OCH3 is 1. The smallest absolute Gasteiger partial charge is 0.191 e. The SMILES string of the molecule is CCNC(=NCC(OC)C(C)(C)C)NCCCOCC1CCOCC1.I. The summed E-state index contributed by atoms with van der Waals surface area (Å²) in [6, 6.07) is 0. The molecule has 0 saturated carbocycles. The molecule has 0 spiro atoms. The molecule has 7 heteroatoms. The Bertz CT molecular complexity index is 370. The van der Waals surface area contributed by atoms with Crippen molar-refractivity contribution >= 4 is 29.9 Å². The molecule has 0 aromatic rings. The molecule has 1 heterocycles. The van der Waals surface area contributed by atoms with Gasteiger partial charge in [-0.25, -0.2) is 0 Å². The summed E-state index contributed by atoms with van der Waals surface area (Å²) in [5.41, 5.74) is 0.0770. The lowest BCUT2D eigenvalue weighted by molar-refractivity contribution is 0.0203. The minimum absolute atomic E-state index is 0. The average Bonchev–Trinajstić information content (AvgIpc) is 2.58. The standard InChI is InChI=1S/C19H39N3O3.HI/c1-6-20-18(22-14-17(23-5)19(2,3)4)21-10-7-11-25-15-16-8-12-24-13-9-16;/h16-17H,6-15H2,1-5H3,(H2,20,21,22);1H. The molecule has 0 aromatic heterocycles. The first-order valence-corrected chi connectivity index (χ1v) is 9.67. The maximum atomic E-state index is 5.80. The van der Waals surface area contributed by atoms with Gasteiger partial charge in [-0.05, 0) is 37.5 Å². The molecule has 0 aliphatic carbocycles. The molecule has 1 saturated heterocycles. The molecule has 6 nitrogen and oxygen atoms in total. The van der Waals surface area contributed by atoms with Crippen molar-refractivity contribution in [3.8, 4) is 0 Å². The van der Waals surface area contributed by atoms with Gasteiger partial charge in [0.1, 0.15) is 0 Å². The second-order valence-electron chi connectivity index (χ2n) is 7.72. The minimum Gasteiger partial charge on any atom is -0.381 e. The predicted octanol–water partition coefficient (Wildman–Crippen LogP) is 3.05. The highest BCUT2D eigenvalue weighted by molar-refractivity contribution is 14.0. The lowest BCUT2D eigenvalue weighted by Gasteiger charge is -2.28. The largest absolute Gasteiger partial charge is 0.381 e. The summed E-state index contributed by atoms with van der Waals surface area (Å²) in [5.74, 6) is 1.52. The molecule has 1 unspecified atom stereocenters. The maximum absolute atomic E-state index is 5.80. The van der Waals surface area contributed by atoms with Crippen LogP contribution < -0.4 is 10.6 Å². The van der Waals surface area contributed by atoms with Crippen LogP contribution in [0.2, 0.25) is 0 Å². The van der Waals surface area contributed by atoms with Gasteiger partial charge in [-0.15, -0.1) is 24.0 Å². The third-order valence-electron chi connectivity index (χ3n) is 4.46. The van der Waals surface area contributed by atoms with Gasteiger partial charge in [-0.1, -0.05) is 20.8 Å². The Kier molecular flexibility index (Phi) is 14.8. The predicted molar refractivity (Wildman–Crippen MR) is 119 cm³/mol. The normalized spacial score (nSPS) is 17.5. The molecular weight excluding hydrogens is 445 g/mol. The summed E-state index contributed by atoms with van der Waals surface area (Å²) in [6.45, 7) is 14.4. The molecule has 1 aliphatic heterocycles. The van der Waals surface area contributed by atoms with Crippen LogP contribution in [0, 0.1) is 11.3 Å². The van der Waals surface area contributed by atoms with E-state index in [1.54, 1.807) is 7.11 Å². The Morgan fingerprint density at radius 3 is 2.50 bits per heavy atom. The summed E-state index contributed by atoms with van der Waals surface area (Å²) < 4.78 is 16.7. The quantitative estimate of drug-likeness (QED) is 0.216. The van der Waals surface area contributed by atoms with E-state index in [1.807, 2.05) is 0 Å². The van der Waals surface area contributed by atoms with Crippen molar-refractivity contribution in [3.63, 3.8) is 0 Å². The summed E-state index contributed by atoms with van der Waals surface area (Å²) in [5, 5.41) is 6.66. The molecule has 2 N–H and O–H groups in total. The van der Waals surface area contributed by atoms with Gasteiger partial charge in [0.15, 0.2) is 5.96 Å². The van der Waals surface area contributed by atoms with Gasteiger partial charge < -0.3 is 24.8 Å². The molecule has 1 atom stereocenters. The van der Waals surface area contributed by atoms with Gasteiger partial charge in [0.05, 0.1) is 12.6 Å². The van der Waals surface area contributed by atoms with E-state index in [1.165, 1.54) is 0 Å². The van der Waals surface area contributed by atoms with Crippen LogP contribution in [0.1, 0.15) is 47.0 Å². The van der Waals surface area contributed by atoms with Crippen LogP contribution in [0.25, 0.3) is 0 Å². The van der Waals surface area contributed by atoms with Gasteiger partial charge in [0, 0.05) is 46.6 Å². The minimum atomic E-state index is 0. The number of aliphatic imine (C=N–C) groups is 1. The van der Waals surface area contributed by atoms with Crippen LogP contribution in [-0.2, 0) is 14.2 Å². The first-order valence-electron chi connectivity index (χ1n) is 9.67. The topological polar surface area (TPSA) is 64.1 Å². The first-order chi connectivity index (χ1) is 12.0. The lowest BCUT2D eigenvalue weighted by atomic mass is 9.89. The van der Waals surface area contributed by atoms with Crippen molar-refractivity contribution in [3.05, 3.63) is 0 Å². The molecule has 26 heavy (non-hydrogen) atoms. The molecule has 0 radical (unpaired) electrons. The van der Waals surface area contributed by atoms with E-state index in [0.717, 1.165) is 64.7 Å². The Morgan fingerprint density at radius 1 is 1.23 bits per heavy atom. The molecule has 1 fully saturated rings. The second-order valence-corrected chi connectivity index (χ2v) is 7.72. The molecule has 1 rings (SSSR count). The molecule has 0 amide bonds. The molecule has 1 aliphatic rings. The molecular formula is C19H40IN3O3. The zero-order chi connectivity index (χ0) is 18.5. The second kappa shape index (κ2) is 14.9. The number of guanidine groups is 1. The van der Waals surface area contributed by atoms with Crippen molar-refractivity contribution in [2.24, 2.45) is 16.3 Å². The fourth-order valence-electron chi connectivity index (χ4n) is 2.76. The number of halogens is 1. The number of hydrogen-bond acceptors (Lipinski definition) is 4. The van der Waals surface area contributed by atoms with Crippen LogP contribution in [0.4, 0.5) is 0 Å². The van der Waals surface area contributed by atoms with Gasteiger partial charge in [-0.2, -0.15) is 0 Å². The fourth-order valence-corrected chi connectivity index (χ4v) is 2.76. The van der Waals surface area contributed by atoms with Gasteiger partial charge in [-0.3, -0.25) is 4.99 Å². The van der Waals surface area contributed by atoms with E-state index in [9.17, 15) is 0 Å². The number of ether oxygens (including phenoxy) is 3. The van der Waals surface area contributed by atoms with Crippen LogP contribution in [-0.4, -0.2) is 65.2 Å². The Labute approximate surface area is 177 Å². The van der Waals surface area contributed by atoms with Crippen molar-refractivity contribution in [1.29, 1.82) is 0 Å². The third kappa shape index (κ3) is 11.6. The third-order valence-corrected chi connectivity index (χ3v) is 4.46. The zero-order valence-electron chi connectivity index (χ0n) is 17.3. The summed E-state index contributed by atoms with van der Waals surface area (Å²) in [6.07, 6.45) is 3.33. The van der Waals surface area contributed by atoms with E-state index >= 15 is 0 Å². The summed E-state index contributed by atoms with van der Waals surface area (Å²) >= 11 is 0. The highest BCUT2D eigenvalue weighted by atomic mass is 127. The Balaban J connectivity index is 0.00000625. The summed E-state index contributed by atoms with van der Waals surface area (Å²) in [7, 11) is 1.75. The van der Waals surface area contributed by atoms with Crippen LogP contribution in [0.15, 0.2) is 4.99 Å². The van der Waals surface area contributed by atoms with Gasteiger partial charge >= 0.3 is 0 Å². The lowest BCUT2D eigenvalue weighted by Crippen LogP contribution is -2.40. The highest BCUT2D eigenvalue weighted by Gasteiger charge is 2.24. The first kappa shape index (κ1) is 25.9. The van der Waals surface area contributed by atoms with Crippen molar-refractivity contribution < 1.29 is 14.2 Å². The van der Waals surface area contributed by atoms with Crippen molar-refractivity contribution in [1.82, 2.24) is 10.6 Å². The number of rotatable bonds is 10. The molecule has 0 bridgehead atoms. The average molecular weight is 485 g/mol. The Morgan fingerprint density at radius 2 is 1.92 bits per heavy atom. The van der Waals surface area contributed by atoms with Gasteiger partial charge in [0.25, 0.3) is 0 Å². The van der Waals surface area contributed by atoms with Crippen LogP contribution in [0.3, 0.4) is 0 Å². The molecule has 0 aromatic carbocycles. The fraction of sp³-hybridized carbons (Fsp3) is 0.947. The number of hydrogen-bond donors (Lipinski definition) is 2. The number of nitrogens with one attached hydrogen (secondary N) is 2. The van der Waals surface area contributed by atoms with E-state index in [2.05, 4.69) is 43.3 Å². The van der Waals surface area contributed by atoms with Crippen molar-refractivity contribution in [2.75, 3.05) is 53.2 Å². The van der Waals surface area contributed by atoms with E-state index in [-0.39, 0.29) is 35.5 Å². The van der Waals surface area contributed by atoms with E-state index in [4.69, 9.17) is 14.2 Å².